The number of fused-ring (bicyclic) bond motifs is 3. The molecule has 1 heterocycles. The molecule has 0 bridgehead atoms. The first kappa shape index (κ1) is 12.0. The largest absolute Gasteiger partial charge is 0.508 e. The van der Waals surface area contributed by atoms with E-state index in [0.717, 1.165) is 6.07 Å². The van der Waals surface area contributed by atoms with E-state index in [4.69, 9.17) is 4.42 Å². The highest BCUT2D eigenvalue weighted by Crippen LogP contribution is 2.44. The third kappa shape index (κ3) is 1.47. The van der Waals surface area contributed by atoms with Crippen LogP contribution in [0.5, 0.6) is 11.5 Å². The van der Waals surface area contributed by atoms with Crippen molar-refractivity contribution >= 4 is 10.8 Å². The molecule has 19 heavy (non-hydrogen) atoms. The van der Waals surface area contributed by atoms with Crippen LogP contribution in [0.3, 0.4) is 0 Å². The molecule has 1 aliphatic carbocycles. The van der Waals surface area contributed by atoms with E-state index in [-0.39, 0.29) is 22.3 Å². The summed E-state index contributed by atoms with van der Waals surface area (Å²) in [6.07, 6.45) is -2.38. The average Bonchev–Trinajstić information content (AvgIpc) is 2.53. The van der Waals surface area contributed by atoms with Gasteiger partial charge in [0.15, 0.2) is 0 Å². The van der Waals surface area contributed by atoms with Crippen molar-refractivity contribution in [3.05, 3.63) is 33.9 Å². The van der Waals surface area contributed by atoms with Crippen molar-refractivity contribution in [1.29, 1.82) is 0 Å². The fraction of sp³-hybridized carbons (Fsp3) is 0.308. The molecule has 0 spiro atoms. The summed E-state index contributed by atoms with van der Waals surface area (Å²) in [7, 11) is 0. The number of phenols is 2. The number of phenolic OH excluding ortho intramolecular Hbond substituents is 2. The second-order valence-corrected chi connectivity index (χ2v) is 4.78. The fourth-order valence-corrected chi connectivity index (χ4v) is 2.67. The maximum absolute atomic E-state index is 11.8. The Morgan fingerprint density at radius 2 is 1.89 bits per heavy atom. The van der Waals surface area contributed by atoms with E-state index in [0.29, 0.717) is 5.56 Å². The molecule has 0 saturated heterocycles. The summed E-state index contributed by atoms with van der Waals surface area (Å²) in [6, 6.07) is 2.35. The molecule has 6 heteroatoms. The molecular formula is C13H12O6. The third-order valence-electron chi connectivity index (χ3n) is 3.62. The second kappa shape index (κ2) is 3.72. The summed E-state index contributed by atoms with van der Waals surface area (Å²) in [5, 5.41) is 39.2. The Hall–Kier alpha value is -2.05. The van der Waals surface area contributed by atoms with Crippen molar-refractivity contribution in [3.63, 3.8) is 0 Å². The van der Waals surface area contributed by atoms with Gasteiger partial charge in [-0.1, -0.05) is 6.92 Å². The van der Waals surface area contributed by atoms with Crippen LogP contribution in [-0.2, 0) is 0 Å². The van der Waals surface area contributed by atoms with Crippen LogP contribution < -0.4 is 5.63 Å². The molecule has 0 fully saturated rings. The highest BCUT2D eigenvalue weighted by Gasteiger charge is 2.40. The predicted octanol–water partition coefficient (Wildman–Crippen LogP) is 0.716. The normalized spacial score (nSPS) is 25.7. The minimum atomic E-state index is -1.29. The molecule has 0 radical (unpaired) electrons. The van der Waals surface area contributed by atoms with Crippen LogP contribution in [0.2, 0.25) is 0 Å². The molecule has 0 saturated carbocycles. The van der Waals surface area contributed by atoms with E-state index in [2.05, 4.69) is 0 Å². The van der Waals surface area contributed by atoms with Gasteiger partial charge in [-0.2, -0.15) is 0 Å². The van der Waals surface area contributed by atoms with Crippen LogP contribution in [-0.4, -0.2) is 26.5 Å². The molecule has 2 aromatic rings. The molecule has 3 unspecified atom stereocenters. The fourth-order valence-electron chi connectivity index (χ4n) is 2.67. The molecule has 3 atom stereocenters. The molecule has 1 aromatic carbocycles. The van der Waals surface area contributed by atoms with Gasteiger partial charge in [-0.15, -0.1) is 0 Å². The van der Waals surface area contributed by atoms with Crippen LogP contribution in [0.4, 0.5) is 0 Å². The van der Waals surface area contributed by atoms with Crippen molar-refractivity contribution in [1.82, 2.24) is 0 Å². The van der Waals surface area contributed by atoms with E-state index in [1.54, 1.807) is 6.92 Å². The second-order valence-electron chi connectivity index (χ2n) is 4.78. The smallest absolute Gasteiger partial charge is 0.347 e. The van der Waals surface area contributed by atoms with Crippen molar-refractivity contribution in [2.75, 3.05) is 0 Å². The SMILES string of the molecule is CC1c2c(oc(=O)c3c(O)cc(O)cc23)C(O)C1O. The molecular weight excluding hydrogens is 252 g/mol. The Morgan fingerprint density at radius 3 is 2.58 bits per heavy atom. The summed E-state index contributed by atoms with van der Waals surface area (Å²) >= 11 is 0. The molecule has 0 amide bonds. The molecule has 0 aliphatic heterocycles. The van der Waals surface area contributed by atoms with Crippen LogP contribution in [0, 0.1) is 0 Å². The third-order valence-corrected chi connectivity index (χ3v) is 3.62. The first-order chi connectivity index (χ1) is 8.91. The Morgan fingerprint density at radius 1 is 1.21 bits per heavy atom. The molecule has 1 aliphatic rings. The maximum Gasteiger partial charge on any atom is 0.347 e. The van der Waals surface area contributed by atoms with Crippen LogP contribution in [0.1, 0.15) is 30.3 Å². The molecule has 1 aromatic heterocycles. The zero-order valence-corrected chi connectivity index (χ0v) is 9.99. The summed E-state index contributed by atoms with van der Waals surface area (Å²) < 4.78 is 5.00. The van der Waals surface area contributed by atoms with Gasteiger partial charge in [-0.25, -0.2) is 4.79 Å². The van der Waals surface area contributed by atoms with Gasteiger partial charge in [0.2, 0.25) is 0 Å². The lowest BCUT2D eigenvalue weighted by molar-refractivity contribution is 0.00972. The minimum absolute atomic E-state index is 0.0116. The van der Waals surface area contributed by atoms with Crippen molar-refractivity contribution in [2.45, 2.75) is 25.0 Å². The first-order valence-electron chi connectivity index (χ1n) is 5.80. The van der Waals surface area contributed by atoms with Gasteiger partial charge >= 0.3 is 5.63 Å². The van der Waals surface area contributed by atoms with Crippen molar-refractivity contribution in [2.24, 2.45) is 0 Å². The van der Waals surface area contributed by atoms with E-state index < -0.39 is 29.5 Å². The van der Waals surface area contributed by atoms with Gasteiger partial charge in [-0.3, -0.25) is 0 Å². The number of hydrogen-bond acceptors (Lipinski definition) is 6. The monoisotopic (exact) mass is 264 g/mol. The Balaban J connectivity index is 2.51. The van der Waals surface area contributed by atoms with E-state index in [9.17, 15) is 25.2 Å². The molecule has 3 rings (SSSR count). The lowest BCUT2D eigenvalue weighted by Crippen LogP contribution is -2.15. The number of hydrogen-bond donors (Lipinski definition) is 4. The molecule has 4 N–H and O–H groups in total. The standard InChI is InChI=1S/C13H12O6/c1-4-8-6-2-5(14)3-7(15)9(6)13(18)19-12(8)11(17)10(4)16/h2-4,10-11,14-17H,1H3. The summed E-state index contributed by atoms with van der Waals surface area (Å²) in [4.78, 5) is 11.8. The Bertz CT molecular complexity index is 732. The van der Waals surface area contributed by atoms with E-state index in [1.165, 1.54) is 6.07 Å². The number of aliphatic hydroxyl groups is 2. The average molecular weight is 264 g/mol. The summed E-state index contributed by atoms with van der Waals surface area (Å²) in [5.41, 5.74) is -0.382. The number of rotatable bonds is 0. The van der Waals surface area contributed by atoms with Crippen molar-refractivity contribution in [3.8, 4) is 11.5 Å². The van der Waals surface area contributed by atoms with E-state index >= 15 is 0 Å². The van der Waals surface area contributed by atoms with Gasteiger partial charge < -0.3 is 24.8 Å². The van der Waals surface area contributed by atoms with Crippen LogP contribution in [0.25, 0.3) is 10.8 Å². The minimum Gasteiger partial charge on any atom is -0.508 e. The zero-order valence-electron chi connectivity index (χ0n) is 9.99. The van der Waals surface area contributed by atoms with Crippen molar-refractivity contribution < 1.29 is 24.8 Å². The summed E-state index contributed by atoms with van der Waals surface area (Å²) in [5.74, 6) is -1.09. The van der Waals surface area contributed by atoms with Gasteiger partial charge in [0.05, 0.1) is 6.10 Å². The molecule has 6 nitrogen and oxygen atoms in total. The highest BCUT2D eigenvalue weighted by atomic mass is 16.4. The van der Waals surface area contributed by atoms with Gasteiger partial charge in [-0.05, 0) is 6.07 Å². The van der Waals surface area contributed by atoms with Gasteiger partial charge in [0.25, 0.3) is 0 Å². The lowest BCUT2D eigenvalue weighted by Gasteiger charge is -2.11. The van der Waals surface area contributed by atoms with Crippen LogP contribution >= 0.6 is 0 Å². The van der Waals surface area contributed by atoms with Gasteiger partial charge in [0, 0.05) is 22.9 Å². The Labute approximate surface area is 107 Å². The number of aliphatic hydroxyl groups excluding tert-OH is 2. The maximum atomic E-state index is 11.8. The van der Waals surface area contributed by atoms with Crippen LogP contribution in [0.15, 0.2) is 21.3 Å². The van der Waals surface area contributed by atoms with E-state index in [1.807, 2.05) is 0 Å². The zero-order chi connectivity index (χ0) is 13.9. The Kier molecular flexibility index (Phi) is 2.35. The number of aromatic hydroxyl groups is 2. The highest BCUT2D eigenvalue weighted by molar-refractivity contribution is 5.92. The molecule has 100 valence electrons. The predicted molar refractivity (Wildman–Crippen MR) is 65.2 cm³/mol. The van der Waals surface area contributed by atoms with Gasteiger partial charge in [0.1, 0.15) is 28.7 Å². The lowest BCUT2D eigenvalue weighted by atomic mass is 9.97. The topological polar surface area (TPSA) is 111 Å². The first-order valence-corrected chi connectivity index (χ1v) is 5.80. The quantitative estimate of drug-likeness (QED) is 0.558. The summed E-state index contributed by atoms with van der Waals surface area (Å²) in [6.45, 7) is 1.67. The number of benzene rings is 1.